The van der Waals surface area contributed by atoms with Gasteiger partial charge in [-0.3, -0.25) is 9.69 Å². The van der Waals surface area contributed by atoms with Crippen molar-refractivity contribution in [1.82, 2.24) is 9.80 Å². The summed E-state index contributed by atoms with van der Waals surface area (Å²) in [6.07, 6.45) is 1.41. The Kier molecular flexibility index (Phi) is 6.22. The molecule has 1 fully saturated rings. The summed E-state index contributed by atoms with van der Waals surface area (Å²) in [7, 11) is -5.73. The van der Waals surface area contributed by atoms with E-state index in [0.717, 1.165) is 6.08 Å². The summed E-state index contributed by atoms with van der Waals surface area (Å²) in [5.41, 5.74) is -6.23. The first kappa shape index (κ1) is 22.3. The normalized spacial score (nSPS) is 21.4. The van der Waals surface area contributed by atoms with Gasteiger partial charge in [0.1, 0.15) is 17.4 Å². The Morgan fingerprint density at radius 3 is 2.32 bits per heavy atom. The van der Waals surface area contributed by atoms with Crippen molar-refractivity contribution in [2.45, 2.75) is 57.2 Å². The molecule has 0 radical (unpaired) electrons. The molecule has 0 aromatic rings. The summed E-state index contributed by atoms with van der Waals surface area (Å²) in [5, 5.41) is 0. The molecule has 160 valence electrons. The van der Waals surface area contributed by atoms with Gasteiger partial charge in [-0.15, -0.1) is 0 Å². The number of alkyl halides is 3. The van der Waals surface area contributed by atoms with Gasteiger partial charge in [-0.05, 0) is 39.7 Å². The third kappa shape index (κ3) is 5.30. The molecule has 0 saturated carbocycles. The van der Waals surface area contributed by atoms with Crippen molar-refractivity contribution in [2.75, 3.05) is 19.6 Å². The highest BCUT2D eigenvalue weighted by molar-refractivity contribution is 7.87. The Hall–Kier alpha value is -1.98. The van der Waals surface area contributed by atoms with Crippen LogP contribution in [0.15, 0.2) is 11.8 Å². The Morgan fingerprint density at radius 1 is 1.18 bits per heavy atom. The van der Waals surface area contributed by atoms with E-state index in [4.69, 9.17) is 4.74 Å². The number of rotatable bonds is 3. The molecule has 2 amide bonds. The SMILES string of the molecule is CC(C)(C)OC(=O)N1CCCC1C(=O)N1CC=C(OS(=O)(=O)C(F)(F)F)CC1. The molecule has 0 aromatic carbocycles. The standard InChI is InChI=1S/C16H23F3N2O6S/c1-15(2,3)26-14(23)21-8-4-5-12(21)13(22)20-9-6-11(7-10-20)27-28(24,25)16(17,18)19/h6,12H,4-5,7-10H2,1-3H3. The van der Waals surface area contributed by atoms with Crippen molar-refractivity contribution in [3.63, 3.8) is 0 Å². The molecule has 0 aliphatic carbocycles. The third-order valence-corrected chi connectivity index (χ3v) is 5.15. The molecule has 2 heterocycles. The summed E-state index contributed by atoms with van der Waals surface area (Å²) >= 11 is 0. The fraction of sp³-hybridized carbons (Fsp3) is 0.750. The van der Waals surface area contributed by atoms with Gasteiger partial charge in [0, 0.05) is 26.1 Å². The molecule has 1 saturated heterocycles. The first-order valence-corrected chi connectivity index (χ1v) is 10.1. The van der Waals surface area contributed by atoms with Crippen molar-refractivity contribution in [3.8, 4) is 0 Å². The highest BCUT2D eigenvalue weighted by atomic mass is 32.2. The molecule has 2 aliphatic heterocycles. The van der Waals surface area contributed by atoms with Gasteiger partial charge < -0.3 is 13.8 Å². The number of halogens is 3. The topological polar surface area (TPSA) is 93.2 Å². The number of hydrogen-bond acceptors (Lipinski definition) is 6. The van der Waals surface area contributed by atoms with Crippen LogP contribution in [-0.4, -0.2) is 67.0 Å². The summed E-state index contributed by atoms with van der Waals surface area (Å²) in [4.78, 5) is 27.7. The molecule has 0 aromatic heterocycles. The van der Waals surface area contributed by atoms with Crippen LogP contribution in [0.3, 0.4) is 0 Å². The zero-order valence-corrected chi connectivity index (χ0v) is 16.6. The van der Waals surface area contributed by atoms with Crippen LogP contribution >= 0.6 is 0 Å². The molecule has 2 aliphatic rings. The molecule has 0 spiro atoms. The number of nitrogens with zero attached hydrogens (tertiary/aromatic N) is 2. The average molecular weight is 428 g/mol. The van der Waals surface area contributed by atoms with Crippen molar-refractivity contribution < 1.29 is 40.1 Å². The second-order valence-electron chi connectivity index (χ2n) is 7.52. The number of ether oxygens (including phenoxy) is 1. The van der Waals surface area contributed by atoms with Gasteiger partial charge in [0.2, 0.25) is 5.91 Å². The summed E-state index contributed by atoms with van der Waals surface area (Å²) < 4.78 is 68.6. The first-order chi connectivity index (χ1) is 12.7. The van der Waals surface area contributed by atoms with E-state index in [1.54, 1.807) is 20.8 Å². The average Bonchev–Trinajstić information content (AvgIpc) is 3.01. The molecule has 0 bridgehead atoms. The molecule has 12 heteroatoms. The van der Waals surface area contributed by atoms with Crippen LogP contribution in [0.25, 0.3) is 0 Å². The summed E-state index contributed by atoms with van der Waals surface area (Å²) in [5.74, 6) is -0.728. The smallest absolute Gasteiger partial charge is 0.444 e. The van der Waals surface area contributed by atoms with E-state index in [0.29, 0.717) is 19.4 Å². The van der Waals surface area contributed by atoms with Gasteiger partial charge in [-0.2, -0.15) is 21.6 Å². The van der Waals surface area contributed by atoms with Gasteiger partial charge >= 0.3 is 21.7 Å². The van der Waals surface area contributed by atoms with Crippen LogP contribution in [-0.2, 0) is 23.8 Å². The fourth-order valence-corrected chi connectivity index (χ4v) is 3.42. The Bertz CT molecular complexity index is 757. The molecule has 0 N–H and O–H groups in total. The molecule has 1 unspecified atom stereocenters. The summed E-state index contributed by atoms with van der Waals surface area (Å²) in [6, 6.07) is -0.718. The molecular weight excluding hydrogens is 405 g/mol. The highest BCUT2D eigenvalue weighted by Crippen LogP contribution is 2.29. The zero-order chi connectivity index (χ0) is 21.3. The maximum Gasteiger partial charge on any atom is 0.534 e. The van der Waals surface area contributed by atoms with E-state index in [1.807, 2.05) is 0 Å². The van der Waals surface area contributed by atoms with Gasteiger partial charge in [0.05, 0.1) is 0 Å². The molecular formula is C16H23F3N2O6S. The largest absolute Gasteiger partial charge is 0.534 e. The summed E-state index contributed by atoms with van der Waals surface area (Å²) in [6.45, 7) is 5.38. The number of carbonyl (C=O) groups excluding carboxylic acids is 2. The fourth-order valence-electron chi connectivity index (χ4n) is 2.89. The molecule has 1 atom stereocenters. The Balaban J connectivity index is 2.01. The Labute approximate surface area is 161 Å². The van der Waals surface area contributed by atoms with E-state index in [-0.39, 0.29) is 31.2 Å². The quantitative estimate of drug-likeness (QED) is 0.506. The van der Waals surface area contributed by atoms with E-state index in [9.17, 15) is 31.2 Å². The molecule has 8 nitrogen and oxygen atoms in total. The second kappa shape index (κ2) is 7.80. The van der Waals surface area contributed by atoms with E-state index in [1.165, 1.54) is 9.80 Å². The van der Waals surface area contributed by atoms with Crippen LogP contribution in [0.5, 0.6) is 0 Å². The molecule has 28 heavy (non-hydrogen) atoms. The highest BCUT2D eigenvalue weighted by Gasteiger charge is 2.49. The van der Waals surface area contributed by atoms with Crippen LogP contribution in [0.1, 0.15) is 40.0 Å². The van der Waals surface area contributed by atoms with Crippen molar-refractivity contribution in [2.24, 2.45) is 0 Å². The lowest BCUT2D eigenvalue weighted by molar-refractivity contribution is -0.135. The van der Waals surface area contributed by atoms with Crippen LogP contribution in [0, 0.1) is 0 Å². The van der Waals surface area contributed by atoms with Gasteiger partial charge in [-0.1, -0.05) is 0 Å². The van der Waals surface area contributed by atoms with Gasteiger partial charge in [0.15, 0.2) is 0 Å². The number of amides is 2. The predicted molar refractivity (Wildman–Crippen MR) is 91.3 cm³/mol. The van der Waals surface area contributed by atoms with E-state index >= 15 is 0 Å². The van der Waals surface area contributed by atoms with E-state index in [2.05, 4.69) is 4.18 Å². The maximum atomic E-state index is 12.7. The third-order valence-electron chi connectivity index (χ3n) is 4.15. The second-order valence-corrected chi connectivity index (χ2v) is 9.06. The van der Waals surface area contributed by atoms with Crippen molar-refractivity contribution >= 4 is 22.1 Å². The minimum absolute atomic E-state index is 0.0172. The minimum Gasteiger partial charge on any atom is -0.444 e. The monoisotopic (exact) mass is 428 g/mol. The lowest BCUT2D eigenvalue weighted by atomic mass is 10.1. The van der Waals surface area contributed by atoms with Crippen molar-refractivity contribution in [1.29, 1.82) is 0 Å². The Morgan fingerprint density at radius 2 is 1.82 bits per heavy atom. The lowest BCUT2D eigenvalue weighted by Gasteiger charge is -2.32. The van der Waals surface area contributed by atoms with Gasteiger partial charge in [-0.25, -0.2) is 4.79 Å². The number of carbonyl (C=O) groups is 2. The van der Waals surface area contributed by atoms with Crippen LogP contribution < -0.4 is 0 Å². The maximum absolute atomic E-state index is 12.7. The van der Waals surface area contributed by atoms with Crippen LogP contribution in [0.4, 0.5) is 18.0 Å². The predicted octanol–water partition coefficient (Wildman–Crippen LogP) is 2.37. The number of hydrogen-bond donors (Lipinski definition) is 0. The lowest BCUT2D eigenvalue weighted by Crippen LogP contribution is -2.50. The van der Waals surface area contributed by atoms with E-state index < -0.39 is 33.4 Å². The van der Waals surface area contributed by atoms with Crippen LogP contribution in [0.2, 0.25) is 0 Å². The molecule has 2 rings (SSSR count). The van der Waals surface area contributed by atoms with Crippen molar-refractivity contribution in [3.05, 3.63) is 11.8 Å². The minimum atomic E-state index is -5.73. The first-order valence-electron chi connectivity index (χ1n) is 8.69. The van der Waals surface area contributed by atoms with Gasteiger partial charge in [0.25, 0.3) is 0 Å². The number of likely N-dealkylation sites (tertiary alicyclic amines) is 1. The zero-order valence-electron chi connectivity index (χ0n) is 15.8.